The molecule has 0 aromatic heterocycles. The number of carbonyl (C=O) groups is 1. The van der Waals surface area contributed by atoms with Gasteiger partial charge in [-0.2, -0.15) is 0 Å². The third kappa shape index (κ3) is 2.90. The van der Waals surface area contributed by atoms with Crippen LogP contribution in [-0.2, 0) is 0 Å². The molecule has 0 atom stereocenters. The summed E-state index contributed by atoms with van der Waals surface area (Å²) in [4.78, 5) is 22.1. The molecule has 0 aliphatic heterocycles. The lowest BCUT2D eigenvalue weighted by molar-refractivity contribution is -0.384. The molecule has 2 rings (SSSR count). The minimum atomic E-state index is -0.507. The number of carbonyl (C=O) groups excluding carboxylic acids is 1. The number of non-ortho nitro benzene ring substituents is 1. The van der Waals surface area contributed by atoms with E-state index in [4.69, 9.17) is 0 Å². The van der Waals surface area contributed by atoms with Crippen LogP contribution in [0.3, 0.4) is 0 Å². The topological polar surface area (TPSA) is 84.3 Å². The zero-order valence-corrected chi connectivity index (χ0v) is 10.6. The molecule has 0 bridgehead atoms. The molecule has 0 spiro atoms. The standard InChI is InChI=1S/C13H15N3O3/c1-14-13(17)11-8-10(16(18)19)6-7-12(11)15-9-4-2-3-5-9/h2-3,6-9,15H,4-5H2,1H3,(H,14,17). The van der Waals surface area contributed by atoms with Crippen LogP contribution < -0.4 is 10.6 Å². The Balaban J connectivity index is 2.30. The summed E-state index contributed by atoms with van der Waals surface area (Å²) in [5.41, 5.74) is 0.830. The SMILES string of the molecule is CNC(=O)c1cc([N+](=O)[O-])ccc1NC1CC=CC1. The Morgan fingerprint density at radius 2 is 2.05 bits per heavy atom. The number of rotatable bonds is 4. The van der Waals surface area contributed by atoms with Gasteiger partial charge in [0.05, 0.1) is 10.5 Å². The molecule has 6 heteroatoms. The first-order valence-electron chi connectivity index (χ1n) is 6.04. The summed E-state index contributed by atoms with van der Waals surface area (Å²) < 4.78 is 0. The Morgan fingerprint density at radius 1 is 1.37 bits per heavy atom. The van der Waals surface area contributed by atoms with Crippen LogP contribution in [0.2, 0.25) is 0 Å². The van der Waals surface area contributed by atoms with E-state index in [0.717, 1.165) is 12.8 Å². The molecule has 1 aromatic carbocycles. The number of hydrogen-bond donors (Lipinski definition) is 2. The van der Waals surface area contributed by atoms with Crippen LogP contribution in [0.4, 0.5) is 11.4 Å². The van der Waals surface area contributed by atoms with Crippen LogP contribution in [0.15, 0.2) is 30.4 Å². The molecule has 0 fully saturated rings. The zero-order valence-electron chi connectivity index (χ0n) is 10.6. The van der Waals surface area contributed by atoms with Gasteiger partial charge in [0.2, 0.25) is 0 Å². The third-order valence-electron chi connectivity index (χ3n) is 3.05. The van der Waals surface area contributed by atoms with Gasteiger partial charge in [-0.3, -0.25) is 14.9 Å². The summed E-state index contributed by atoms with van der Waals surface area (Å²) in [6.07, 6.45) is 5.93. The second-order valence-electron chi connectivity index (χ2n) is 4.35. The van der Waals surface area contributed by atoms with Crippen molar-refractivity contribution in [1.82, 2.24) is 5.32 Å². The summed E-state index contributed by atoms with van der Waals surface area (Å²) in [6, 6.07) is 4.52. The van der Waals surface area contributed by atoms with E-state index in [1.165, 1.54) is 19.2 Å². The van der Waals surface area contributed by atoms with E-state index in [0.29, 0.717) is 11.3 Å². The average molecular weight is 261 g/mol. The van der Waals surface area contributed by atoms with Crippen LogP contribution in [0.25, 0.3) is 0 Å². The van der Waals surface area contributed by atoms with Gasteiger partial charge in [0, 0.05) is 30.9 Å². The van der Waals surface area contributed by atoms with Gasteiger partial charge in [0.25, 0.3) is 11.6 Å². The van der Waals surface area contributed by atoms with Gasteiger partial charge >= 0.3 is 0 Å². The van der Waals surface area contributed by atoms with Gasteiger partial charge in [-0.15, -0.1) is 0 Å². The number of nitro groups is 1. The fraction of sp³-hybridized carbons (Fsp3) is 0.308. The van der Waals surface area contributed by atoms with Gasteiger partial charge < -0.3 is 10.6 Å². The quantitative estimate of drug-likeness (QED) is 0.493. The molecule has 2 N–H and O–H groups in total. The van der Waals surface area contributed by atoms with Crippen molar-refractivity contribution in [2.75, 3.05) is 12.4 Å². The highest BCUT2D eigenvalue weighted by atomic mass is 16.6. The Kier molecular flexibility index (Phi) is 3.79. The van der Waals surface area contributed by atoms with Crippen LogP contribution in [0.1, 0.15) is 23.2 Å². The summed E-state index contributed by atoms with van der Waals surface area (Å²) in [6.45, 7) is 0. The summed E-state index contributed by atoms with van der Waals surface area (Å²) in [5.74, 6) is -0.336. The van der Waals surface area contributed by atoms with Crippen LogP contribution >= 0.6 is 0 Å². The Morgan fingerprint density at radius 3 is 2.63 bits per heavy atom. The van der Waals surface area contributed by atoms with Crippen molar-refractivity contribution < 1.29 is 9.72 Å². The molecule has 1 aliphatic carbocycles. The van der Waals surface area contributed by atoms with Crippen molar-refractivity contribution in [1.29, 1.82) is 0 Å². The average Bonchev–Trinajstić information content (AvgIpc) is 2.91. The Hall–Kier alpha value is -2.37. The summed E-state index contributed by atoms with van der Waals surface area (Å²) in [5, 5.41) is 16.5. The van der Waals surface area contributed by atoms with Gasteiger partial charge in [-0.05, 0) is 18.9 Å². The zero-order chi connectivity index (χ0) is 13.8. The van der Waals surface area contributed by atoms with Gasteiger partial charge in [-0.25, -0.2) is 0 Å². The fourth-order valence-corrected chi connectivity index (χ4v) is 2.05. The van der Waals surface area contributed by atoms with Crippen LogP contribution in [0.5, 0.6) is 0 Å². The molecule has 1 aliphatic rings. The number of benzene rings is 1. The van der Waals surface area contributed by atoms with Gasteiger partial charge in [0.15, 0.2) is 0 Å². The third-order valence-corrected chi connectivity index (χ3v) is 3.05. The van der Waals surface area contributed by atoms with Crippen molar-refractivity contribution in [2.45, 2.75) is 18.9 Å². The van der Waals surface area contributed by atoms with E-state index < -0.39 is 4.92 Å². The van der Waals surface area contributed by atoms with Crippen molar-refractivity contribution in [3.05, 3.63) is 46.0 Å². The molecule has 0 radical (unpaired) electrons. The van der Waals surface area contributed by atoms with Crippen molar-refractivity contribution in [3.8, 4) is 0 Å². The minimum absolute atomic E-state index is 0.0892. The Bertz CT molecular complexity index is 532. The molecule has 6 nitrogen and oxygen atoms in total. The van der Waals surface area contributed by atoms with Crippen molar-refractivity contribution >= 4 is 17.3 Å². The molecule has 0 saturated heterocycles. The van der Waals surface area contributed by atoms with Gasteiger partial charge in [-0.1, -0.05) is 12.2 Å². The fourth-order valence-electron chi connectivity index (χ4n) is 2.05. The highest BCUT2D eigenvalue weighted by molar-refractivity contribution is 6.00. The molecule has 1 amide bonds. The van der Waals surface area contributed by atoms with E-state index in [-0.39, 0.29) is 17.6 Å². The first-order chi connectivity index (χ1) is 9.11. The second-order valence-corrected chi connectivity index (χ2v) is 4.35. The molecule has 0 heterocycles. The molecular formula is C13H15N3O3. The predicted molar refractivity (Wildman–Crippen MR) is 72.3 cm³/mol. The van der Waals surface area contributed by atoms with Gasteiger partial charge in [0.1, 0.15) is 0 Å². The monoisotopic (exact) mass is 261 g/mol. The molecular weight excluding hydrogens is 246 g/mol. The molecule has 19 heavy (non-hydrogen) atoms. The highest BCUT2D eigenvalue weighted by Gasteiger charge is 2.18. The number of nitro benzene ring substituents is 1. The number of amides is 1. The lowest BCUT2D eigenvalue weighted by atomic mass is 10.1. The maximum atomic E-state index is 11.8. The summed E-state index contributed by atoms with van der Waals surface area (Å²) >= 11 is 0. The van der Waals surface area contributed by atoms with Crippen molar-refractivity contribution in [3.63, 3.8) is 0 Å². The van der Waals surface area contributed by atoms with Crippen LogP contribution in [0, 0.1) is 10.1 Å². The maximum Gasteiger partial charge on any atom is 0.270 e. The van der Waals surface area contributed by atoms with E-state index in [1.54, 1.807) is 6.07 Å². The second kappa shape index (κ2) is 5.51. The number of hydrogen-bond acceptors (Lipinski definition) is 4. The Labute approximate surface area is 110 Å². The summed E-state index contributed by atoms with van der Waals surface area (Å²) in [7, 11) is 1.50. The smallest absolute Gasteiger partial charge is 0.270 e. The largest absolute Gasteiger partial charge is 0.381 e. The number of nitrogens with zero attached hydrogens (tertiary/aromatic N) is 1. The lowest BCUT2D eigenvalue weighted by Gasteiger charge is -2.16. The predicted octanol–water partition coefficient (Wildman–Crippen LogP) is 2.08. The van der Waals surface area contributed by atoms with E-state index in [1.807, 2.05) is 0 Å². The highest BCUT2D eigenvalue weighted by Crippen LogP contribution is 2.25. The normalized spacial score (nSPS) is 14.4. The maximum absolute atomic E-state index is 11.8. The minimum Gasteiger partial charge on any atom is -0.381 e. The van der Waals surface area contributed by atoms with Crippen LogP contribution in [-0.4, -0.2) is 23.9 Å². The first-order valence-corrected chi connectivity index (χ1v) is 6.04. The van der Waals surface area contributed by atoms with E-state index >= 15 is 0 Å². The molecule has 0 unspecified atom stereocenters. The molecule has 100 valence electrons. The van der Waals surface area contributed by atoms with E-state index in [9.17, 15) is 14.9 Å². The lowest BCUT2D eigenvalue weighted by Crippen LogP contribution is -2.22. The number of anilines is 1. The van der Waals surface area contributed by atoms with Crippen molar-refractivity contribution in [2.24, 2.45) is 0 Å². The molecule has 0 saturated carbocycles. The van der Waals surface area contributed by atoms with E-state index in [2.05, 4.69) is 22.8 Å². The number of nitrogens with one attached hydrogen (secondary N) is 2. The molecule has 1 aromatic rings. The first kappa shape index (κ1) is 13.1.